The van der Waals surface area contributed by atoms with Crippen LogP contribution in [0, 0.1) is 0 Å². The van der Waals surface area contributed by atoms with Crippen LogP contribution >= 0.6 is 23.2 Å². The van der Waals surface area contributed by atoms with Gasteiger partial charge >= 0.3 is 0 Å². The topological polar surface area (TPSA) is 46.9 Å². The standard InChI is InChI=1S/C23H23Cl2N3O/c1-2-6-22-20(14-26-28(22)18-12-16(24)11-17(25)13-18)23(29)27-21-10-5-8-15-7-3-4-9-19(15)21/h3-4,7,9,11-14,21H,2,5-6,8,10H2,1H3,(H,27,29)/t21-/m0/s1. The van der Waals surface area contributed by atoms with E-state index >= 15 is 0 Å². The van der Waals surface area contributed by atoms with Crippen molar-refractivity contribution in [2.24, 2.45) is 0 Å². The molecule has 1 aliphatic carbocycles. The fourth-order valence-electron chi connectivity index (χ4n) is 4.06. The second-order valence-corrected chi connectivity index (χ2v) is 8.28. The van der Waals surface area contributed by atoms with Crippen molar-refractivity contribution in [1.82, 2.24) is 15.1 Å². The Morgan fingerprint density at radius 3 is 2.72 bits per heavy atom. The van der Waals surface area contributed by atoms with Crippen LogP contribution in [0.2, 0.25) is 10.0 Å². The van der Waals surface area contributed by atoms with Crippen LogP contribution < -0.4 is 5.32 Å². The third-order valence-electron chi connectivity index (χ3n) is 5.37. The van der Waals surface area contributed by atoms with E-state index in [2.05, 4.69) is 35.5 Å². The molecule has 0 saturated carbocycles. The lowest BCUT2D eigenvalue weighted by molar-refractivity contribution is 0.0931. The molecule has 0 saturated heterocycles. The summed E-state index contributed by atoms with van der Waals surface area (Å²) < 4.78 is 1.77. The first-order chi connectivity index (χ1) is 14.1. The third kappa shape index (κ3) is 4.19. The van der Waals surface area contributed by atoms with Crippen LogP contribution in [0.25, 0.3) is 5.69 Å². The summed E-state index contributed by atoms with van der Waals surface area (Å²) in [4.78, 5) is 13.2. The predicted molar refractivity (Wildman–Crippen MR) is 117 cm³/mol. The van der Waals surface area contributed by atoms with Crippen LogP contribution in [0.4, 0.5) is 0 Å². The number of aryl methyl sites for hydroxylation is 1. The lowest BCUT2D eigenvalue weighted by atomic mass is 9.87. The zero-order valence-electron chi connectivity index (χ0n) is 16.3. The van der Waals surface area contributed by atoms with Crippen molar-refractivity contribution in [2.75, 3.05) is 0 Å². The number of benzene rings is 2. The summed E-state index contributed by atoms with van der Waals surface area (Å²) in [5.74, 6) is -0.0884. The Morgan fingerprint density at radius 2 is 1.97 bits per heavy atom. The largest absolute Gasteiger partial charge is 0.345 e. The zero-order chi connectivity index (χ0) is 20.4. The molecule has 1 N–H and O–H groups in total. The number of hydrogen-bond acceptors (Lipinski definition) is 2. The van der Waals surface area contributed by atoms with Crippen LogP contribution in [-0.4, -0.2) is 15.7 Å². The number of nitrogens with one attached hydrogen (secondary N) is 1. The SMILES string of the molecule is CCCc1c(C(=O)N[C@H]2CCCc3ccccc32)cnn1-c1cc(Cl)cc(Cl)c1. The number of rotatable bonds is 5. The molecule has 1 amide bonds. The monoisotopic (exact) mass is 427 g/mol. The first-order valence-electron chi connectivity index (χ1n) is 9.99. The van der Waals surface area contributed by atoms with Gasteiger partial charge in [-0.1, -0.05) is 60.8 Å². The van der Waals surface area contributed by atoms with E-state index in [1.807, 2.05) is 6.07 Å². The normalized spacial score (nSPS) is 15.8. The molecule has 1 atom stereocenters. The molecule has 0 radical (unpaired) electrons. The van der Waals surface area contributed by atoms with Gasteiger partial charge in [-0.05, 0) is 55.0 Å². The molecule has 0 fully saturated rings. The minimum atomic E-state index is -0.0884. The fraction of sp³-hybridized carbons (Fsp3) is 0.304. The molecule has 150 valence electrons. The average molecular weight is 428 g/mol. The lowest BCUT2D eigenvalue weighted by Crippen LogP contribution is -2.31. The maximum Gasteiger partial charge on any atom is 0.255 e. The van der Waals surface area contributed by atoms with E-state index in [-0.39, 0.29) is 11.9 Å². The molecule has 3 aromatic rings. The van der Waals surface area contributed by atoms with Gasteiger partial charge < -0.3 is 5.32 Å². The molecule has 1 aromatic heterocycles. The van der Waals surface area contributed by atoms with Gasteiger partial charge in [-0.15, -0.1) is 0 Å². The van der Waals surface area contributed by atoms with Gasteiger partial charge in [0.1, 0.15) is 0 Å². The average Bonchev–Trinajstić information content (AvgIpc) is 3.12. The second kappa shape index (κ2) is 8.60. The van der Waals surface area contributed by atoms with Crippen LogP contribution in [-0.2, 0) is 12.8 Å². The van der Waals surface area contributed by atoms with Gasteiger partial charge in [0.15, 0.2) is 0 Å². The van der Waals surface area contributed by atoms with E-state index in [0.717, 1.165) is 43.5 Å². The molecule has 0 unspecified atom stereocenters. The molecule has 29 heavy (non-hydrogen) atoms. The van der Waals surface area contributed by atoms with Gasteiger partial charge in [0.2, 0.25) is 0 Å². The highest BCUT2D eigenvalue weighted by Gasteiger charge is 2.24. The summed E-state index contributed by atoms with van der Waals surface area (Å²) in [5, 5.41) is 8.79. The second-order valence-electron chi connectivity index (χ2n) is 7.41. The summed E-state index contributed by atoms with van der Waals surface area (Å²) in [7, 11) is 0. The Labute approximate surface area is 180 Å². The third-order valence-corrected chi connectivity index (χ3v) is 5.80. The van der Waals surface area contributed by atoms with Gasteiger partial charge in [0.05, 0.1) is 29.2 Å². The highest BCUT2D eigenvalue weighted by molar-refractivity contribution is 6.34. The van der Waals surface area contributed by atoms with Gasteiger partial charge in [0.25, 0.3) is 5.91 Å². The summed E-state index contributed by atoms with van der Waals surface area (Å²) in [5.41, 5.74) is 4.77. The van der Waals surface area contributed by atoms with Gasteiger partial charge in [-0.3, -0.25) is 4.79 Å². The van der Waals surface area contributed by atoms with Crippen LogP contribution in [0.3, 0.4) is 0 Å². The predicted octanol–water partition coefficient (Wildman–Crippen LogP) is 5.94. The molecule has 0 aliphatic heterocycles. The van der Waals surface area contributed by atoms with E-state index in [1.165, 1.54) is 11.1 Å². The van der Waals surface area contributed by atoms with Crippen LogP contribution in [0.5, 0.6) is 0 Å². The van der Waals surface area contributed by atoms with E-state index in [0.29, 0.717) is 15.6 Å². The fourth-order valence-corrected chi connectivity index (χ4v) is 4.58. The molecule has 0 bridgehead atoms. The number of halogens is 2. The molecule has 4 rings (SSSR count). The Balaban J connectivity index is 1.65. The summed E-state index contributed by atoms with van der Waals surface area (Å²) in [6.07, 6.45) is 6.36. The number of hydrogen-bond donors (Lipinski definition) is 1. The van der Waals surface area contributed by atoms with Gasteiger partial charge in [0, 0.05) is 10.0 Å². The number of nitrogens with zero attached hydrogens (tertiary/aromatic N) is 2. The highest BCUT2D eigenvalue weighted by atomic mass is 35.5. The van der Waals surface area contributed by atoms with Crippen LogP contribution in [0.1, 0.15) is 59.4 Å². The van der Waals surface area contributed by atoms with Gasteiger partial charge in [-0.25, -0.2) is 4.68 Å². The molecule has 0 spiro atoms. The highest BCUT2D eigenvalue weighted by Crippen LogP contribution is 2.30. The van der Waals surface area contributed by atoms with Gasteiger partial charge in [-0.2, -0.15) is 5.10 Å². The minimum Gasteiger partial charge on any atom is -0.345 e. The van der Waals surface area contributed by atoms with Crippen molar-refractivity contribution in [2.45, 2.75) is 45.1 Å². The Kier molecular flexibility index (Phi) is 5.93. The van der Waals surface area contributed by atoms with Crippen molar-refractivity contribution in [3.63, 3.8) is 0 Å². The molecular weight excluding hydrogens is 405 g/mol. The molecule has 1 heterocycles. The number of carbonyl (C=O) groups is 1. The molecule has 1 aliphatic rings. The number of fused-ring (bicyclic) bond motifs is 1. The maximum absolute atomic E-state index is 13.2. The quantitative estimate of drug-likeness (QED) is 0.547. The minimum absolute atomic E-state index is 0.0332. The molecule has 4 nitrogen and oxygen atoms in total. The lowest BCUT2D eigenvalue weighted by Gasteiger charge is -2.26. The van der Waals surface area contributed by atoms with Crippen molar-refractivity contribution in [1.29, 1.82) is 0 Å². The Hall–Kier alpha value is -2.30. The van der Waals surface area contributed by atoms with E-state index in [1.54, 1.807) is 29.1 Å². The Morgan fingerprint density at radius 1 is 1.21 bits per heavy atom. The summed E-state index contributed by atoms with van der Waals surface area (Å²) >= 11 is 12.3. The Bertz CT molecular complexity index is 1020. The van der Waals surface area contributed by atoms with E-state index in [9.17, 15) is 4.79 Å². The number of aromatic nitrogens is 2. The maximum atomic E-state index is 13.2. The molecule has 2 aromatic carbocycles. The number of carbonyl (C=O) groups excluding carboxylic acids is 1. The number of amides is 1. The van der Waals surface area contributed by atoms with Crippen molar-refractivity contribution in [3.8, 4) is 5.69 Å². The molecular formula is C23H23Cl2N3O. The summed E-state index contributed by atoms with van der Waals surface area (Å²) in [6, 6.07) is 13.7. The summed E-state index contributed by atoms with van der Waals surface area (Å²) in [6.45, 7) is 2.08. The first-order valence-corrected chi connectivity index (χ1v) is 10.7. The first kappa shape index (κ1) is 20.0. The van der Waals surface area contributed by atoms with Crippen molar-refractivity contribution >= 4 is 29.1 Å². The van der Waals surface area contributed by atoms with E-state index < -0.39 is 0 Å². The van der Waals surface area contributed by atoms with Crippen molar-refractivity contribution in [3.05, 3.63) is 81.1 Å². The zero-order valence-corrected chi connectivity index (χ0v) is 17.8. The van der Waals surface area contributed by atoms with E-state index in [4.69, 9.17) is 23.2 Å². The van der Waals surface area contributed by atoms with Crippen molar-refractivity contribution < 1.29 is 4.79 Å². The molecule has 6 heteroatoms. The van der Waals surface area contributed by atoms with Crippen LogP contribution in [0.15, 0.2) is 48.7 Å². The smallest absolute Gasteiger partial charge is 0.255 e.